The lowest BCUT2D eigenvalue weighted by Crippen LogP contribution is -2.14. The van der Waals surface area contributed by atoms with Gasteiger partial charge in [0.15, 0.2) is 15.6 Å². The molecule has 6 nitrogen and oxygen atoms in total. The number of benzene rings is 2. The van der Waals surface area contributed by atoms with Crippen LogP contribution < -0.4 is 5.32 Å². The molecule has 0 atom stereocenters. The van der Waals surface area contributed by atoms with Crippen molar-refractivity contribution < 1.29 is 13.6 Å². The third kappa shape index (κ3) is 4.98. The van der Waals surface area contributed by atoms with Gasteiger partial charge in [0.2, 0.25) is 11.7 Å². The van der Waals surface area contributed by atoms with Gasteiger partial charge in [0.05, 0.1) is 12.3 Å². The molecule has 4 rings (SSSR count). The van der Waals surface area contributed by atoms with E-state index in [-0.39, 0.29) is 17.5 Å². The highest BCUT2D eigenvalue weighted by Gasteiger charge is 2.18. The average molecular weight is 487 g/mol. The molecule has 0 spiro atoms. The number of nitrogens with one attached hydrogen (secondary N) is 1. The van der Waals surface area contributed by atoms with Crippen LogP contribution in [0.25, 0.3) is 11.6 Å². The summed E-state index contributed by atoms with van der Waals surface area (Å²) in [4.78, 5) is 12.3. The molecule has 0 aliphatic carbocycles. The van der Waals surface area contributed by atoms with Crippen molar-refractivity contribution in [2.24, 2.45) is 0 Å². The zero-order valence-electron chi connectivity index (χ0n) is 15.6. The number of carbonyl (C=O) groups is 1. The van der Waals surface area contributed by atoms with Crippen molar-refractivity contribution >= 4 is 39.3 Å². The first-order valence-electron chi connectivity index (χ1n) is 8.99. The number of furan rings is 1. The van der Waals surface area contributed by atoms with Crippen molar-refractivity contribution in [2.45, 2.75) is 11.7 Å². The maximum absolute atomic E-state index is 13.0. The second kappa shape index (κ2) is 9.27. The third-order valence-electron chi connectivity index (χ3n) is 4.15. The van der Waals surface area contributed by atoms with Gasteiger partial charge in [-0.15, -0.1) is 10.2 Å². The summed E-state index contributed by atoms with van der Waals surface area (Å²) in [6.45, 7) is 0.531. The zero-order valence-corrected chi connectivity index (χ0v) is 18.0. The van der Waals surface area contributed by atoms with Crippen molar-refractivity contribution in [1.29, 1.82) is 0 Å². The number of thioether (sulfide) groups is 1. The number of carbonyl (C=O) groups excluding carboxylic acids is 1. The van der Waals surface area contributed by atoms with E-state index in [1.165, 1.54) is 36.0 Å². The predicted molar refractivity (Wildman–Crippen MR) is 117 cm³/mol. The highest BCUT2D eigenvalue weighted by molar-refractivity contribution is 9.10. The Morgan fingerprint density at radius 1 is 1.07 bits per heavy atom. The molecule has 1 amide bonds. The van der Waals surface area contributed by atoms with Gasteiger partial charge < -0.3 is 9.73 Å². The molecule has 2 heterocycles. The van der Waals surface area contributed by atoms with Gasteiger partial charge in [-0.05, 0) is 57.9 Å². The molecule has 152 valence electrons. The number of nitrogens with zero attached hydrogens (tertiary/aromatic N) is 3. The van der Waals surface area contributed by atoms with Gasteiger partial charge in [-0.2, -0.15) is 0 Å². The third-order valence-corrected chi connectivity index (χ3v) is 5.55. The fourth-order valence-corrected chi connectivity index (χ4v) is 3.83. The number of amides is 1. The molecule has 2 aromatic carbocycles. The van der Waals surface area contributed by atoms with E-state index >= 15 is 0 Å². The largest absolute Gasteiger partial charge is 0.446 e. The van der Waals surface area contributed by atoms with E-state index in [2.05, 4.69) is 31.4 Å². The summed E-state index contributed by atoms with van der Waals surface area (Å²) in [5, 5.41) is 11.9. The summed E-state index contributed by atoms with van der Waals surface area (Å²) in [6.07, 6.45) is 0. The highest BCUT2D eigenvalue weighted by atomic mass is 79.9. The quantitative estimate of drug-likeness (QED) is 0.362. The van der Waals surface area contributed by atoms with Gasteiger partial charge in [0.25, 0.3) is 0 Å². The van der Waals surface area contributed by atoms with Crippen LogP contribution >= 0.6 is 27.7 Å². The SMILES string of the molecule is O=C(CSc1nnc(-c2ccc(Br)o2)n1Cc1ccccc1)Nc1ccc(F)cc1. The number of rotatable bonds is 7. The van der Waals surface area contributed by atoms with Gasteiger partial charge in [0.1, 0.15) is 5.82 Å². The Balaban J connectivity index is 1.52. The molecule has 0 fully saturated rings. The fraction of sp³-hybridized carbons (Fsp3) is 0.0952. The summed E-state index contributed by atoms with van der Waals surface area (Å²) in [5.74, 6) is 0.710. The van der Waals surface area contributed by atoms with E-state index < -0.39 is 0 Å². The molecule has 0 bridgehead atoms. The number of aromatic nitrogens is 3. The monoisotopic (exact) mass is 486 g/mol. The minimum absolute atomic E-state index is 0.131. The number of hydrogen-bond donors (Lipinski definition) is 1. The first-order valence-corrected chi connectivity index (χ1v) is 10.8. The van der Waals surface area contributed by atoms with Gasteiger partial charge in [-0.25, -0.2) is 4.39 Å². The van der Waals surface area contributed by atoms with Crippen molar-refractivity contribution in [2.75, 3.05) is 11.1 Å². The van der Waals surface area contributed by atoms with Crippen LogP contribution in [0.15, 0.2) is 81.0 Å². The van der Waals surface area contributed by atoms with E-state index in [1.807, 2.05) is 41.0 Å². The molecular formula is C21H16BrFN4O2S. The van der Waals surface area contributed by atoms with E-state index in [9.17, 15) is 9.18 Å². The lowest BCUT2D eigenvalue weighted by molar-refractivity contribution is -0.113. The maximum Gasteiger partial charge on any atom is 0.234 e. The Kier molecular flexibility index (Phi) is 6.29. The molecule has 0 aliphatic rings. The van der Waals surface area contributed by atoms with Crippen LogP contribution in [-0.4, -0.2) is 26.4 Å². The molecule has 4 aromatic rings. The lowest BCUT2D eigenvalue weighted by Gasteiger charge is -2.09. The lowest BCUT2D eigenvalue weighted by atomic mass is 10.2. The van der Waals surface area contributed by atoms with Crippen molar-refractivity contribution in [1.82, 2.24) is 14.8 Å². The van der Waals surface area contributed by atoms with Crippen LogP contribution in [0.2, 0.25) is 0 Å². The zero-order chi connectivity index (χ0) is 20.9. The predicted octanol–water partition coefficient (Wildman–Crippen LogP) is 5.22. The Bertz CT molecular complexity index is 1150. The molecule has 2 aromatic heterocycles. The molecule has 0 aliphatic heterocycles. The summed E-state index contributed by atoms with van der Waals surface area (Å²) >= 11 is 4.58. The minimum atomic E-state index is -0.353. The topological polar surface area (TPSA) is 73.0 Å². The molecule has 0 radical (unpaired) electrons. The molecule has 0 unspecified atom stereocenters. The second-order valence-corrected chi connectivity index (χ2v) is 8.05. The standard InChI is InChI=1S/C21H16BrFN4O2S/c22-18-11-10-17(29-18)20-25-26-21(27(20)12-14-4-2-1-3-5-14)30-13-19(28)24-16-8-6-15(23)7-9-16/h1-11H,12-13H2,(H,24,28). The van der Waals surface area contributed by atoms with Crippen LogP contribution in [0.1, 0.15) is 5.56 Å². The first-order chi connectivity index (χ1) is 14.6. The van der Waals surface area contributed by atoms with Crippen LogP contribution in [0.4, 0.5) is 10.1 Å². The average Bonchev–Trinajstić information content (AvgIpc) is 3.35. The van der Waals surface area contributed by atoms with E-state index in [0.717, 1.165) is 5.56 Å². The summed E-state index contributed by atoms with van der Waals surface area (Å²) in [6, 6.07) is 19.1. The molecule has 30 heavy (non-hydrogen) atoms. The second-order valence-electron chi connectivity index (χ2n) is 6.33. The Hall–Kier alpha value is -2.91. The van der Waals surface area contributed by atoms with E-state index in [1.54, 1.807) is 6.07 Å². The maximum atomic E-state index is 13.0. The Morgan fingerprint density at radius 2 is 1.83 bits per heavy atom. The highest BCUT2D eigenvalue weighted by Crippen LogP contribution is 2.28. The molecule has 1 N–H and O–H groups in total. The Morgan fingerprint density at radius 3 is 2.53 bits per heavy atom. The van der Waals surface area contributed by atoms with Crippen LogP contribution in [0.5, 0.6) is 0 Å². The molecule has 0 saturated carbocycles. The van der Waals surface area contributed by atoms with Crippen molar-refractivity contribution in [3.8, 4) is 11.6 Å². The minimum Gasteiger partial charge on any atom is -0.446 e. The molecular weight excluding hydrogens is 471 g/mol. The molecule has 9 heteroatoms. The summed E-state index contributed by atoms with van der Waals surface area (Å²) in [5.41, 5.74) is 1.61. The van der Waals surface area contributed by atoms with Gasteiger partial charge in [0, 0.05) is 5.69 Å². The van der Waals surface area contributed by atoms with E-state index in [0.29, 0.717) is 33.6 Å². The number of anilines is 1. The first kappa shape index (κ1) is 20.4. The van der Waals surface area contributed by atoms with Crippen molar-refractivity contribution in [3.05, 3.63) is 82.8 Å². The van der Waals surface area contributed by atoms with Crippen LogP contribution in [0.3, 0.4) is 0 Å². The van der Waals surface area contributed by atoms with Gasteiger partial charge in [-0.1, -0.05) is 42.1 Å². The van der Waals surface area contributed by atoms with Crippen molar-refractivity contribution in [3.63, 3.8) is 0 Å². The number of halogens is 2. The van der Waals surface area contributed by atoms with Gasteiger partial charge >= 0.3 is 0 Å². The Labute approximate surface area is 184 Å². The van der Waals surface area contributed by atoms with Gasteiger partial charge in [-0.3, -0.25) is 9.36 Å². The van der Waals surface area contributed by atoms with Crippen LogP contribution in [0, 0.1) is 5.82 Å². The summed E-state index contributed by atoms with van der Waals surface area (Å²) < 4.78 is 21.2. The number of hydrogen-bond acceptors (Lipinski definition) is 5. The van der Waals surface area contributed by atoms with Crippen LogP contribution in [-0.2, 0) is 11.3 Å². The smallest absolute Gasteiger partial charge is 0.234 e. The summed E-state index contributed by atoms with van der Waals surface area (Å²) in [7, 11) is 0. The fourth-order valence-electron chi connectivity index (χ4n) is 2.78. The molecule has 0 saturated heterocycles. The normalized spacial score (nSPS) is 10.9. The van der Waals surface area contributed by atoms with E-state index in [4.69, 9.17) is 4.42 Å².